The molecule has 0 bridgehead atoms. The van der Waals surface area contributed by atoms with Gasteiger partial charge in [-0.05, 0) is 64.2 Å². The van der Waals surface area contributed by atoms with E-state index in [1.807, 2.05) is 6.08 Å². The van der Waals surface area contributed by atoms with Gasteiger partial charge in [0.05, 0.1) is 25.4 Å². The summed E-state index contributed by atoms with van der Waals surface area (Å²) in [6.07, 6.45) is 35.9. The topological polar surface area (TPSA) is 131 Å². The second kappa shape index (κ2) is 31.4. The third kappa shape index (κ3) is 29.2. The van der Waals surface area contributed by atoms with Gasteiger partial charge >= 0.3 is 7.82 Å². The summed E-state index contributed by atoms with van der Waals surface area (Å²) in [7, 11) is -4.34. The fraction of sp³-hybridized carbons (Fsp3) is 0.743. The molecule has 0 aliphatic rings. The minimum Gasteiger partial charge on any atom is -0.387 e. The number of phosphoric acid groups is 1. The number of nitrogens with one attached hydrogen (secondary N) is 1. The number of carbonyl (C=O) groups excluding carboxylic acids is 1. The van der Waals surface area contributed by atoms with Crippen molar-refractivity contribution < 1.29 is 28.4 Å². The normalized spacial score (nSPS) is 15.1. The van der Waals surface area contributed by atoms with Crippen LogP contribution in [0.4, 0.5) is 0 Å². The first-order valence-corrected chi connectivity index (χ1v) is 18.8. The Bertz CT molecular complexity index is 830. The second-order valence-corrected chi connectivity index (χ2v) is 12.8. The van der Waals surface area contributed by atoms with Gasteiger partial charge in [-0.25, -0.2) is 4.57 Å². The van der Waals surface area contributed by atoms with E-state index in [9.17, 15) is 19.4 Å². The van der Waals surface area contributed by atoms with Crippen molar-refractivity contribution in [2.45, 2.75) is 148 Å². The molecule has 0 aromatic rings. The van der Waals surface area contributed by atoms with Gasteiger partial charge in [-0.2, -0.15) is 0 Å². The van der Waals surface area contributed by atoms with Crippen LogP contribution in [0.25, 0.3) is 0 Å². The van der Waals surface area contributed by atoms with Gasteiger partial charge in [0.25, 0.3) is 0 Å². The van der Waals surface area contributed by atoms with Crippen molar-refractivity contribution in [1.29, 1.82) is 0 Å². The Labute approximate surface area is 269 Å². The molecular formula is C35H65N2O6P. The van der Waals surface area contributed by atoms with Crippen LogP contribution in [-0.2, 0) is 18.4 Å². The summed E-state index contributed by atoms with van der Waals surface area (Å²) in [6.45, 7) is 3.97. The predicted molar refractivity (Wildman–Crippen MR) is 184 cm³/mol. The molecule has 0 radical (unpaired) electrons. The van der Waals surface area contributed by atoms with Gasteiger partial charge in [0, 0.05) is 13.0 Å². The first kappa shape index (κ1) is 42.5. The first-order valence-electron chi connectivity index (χ1n) is 17.3. The Morgan fingerprint density at radius 1 is 0.727 bits per heavy atom. The maximum absolute atomic E-state index is 12.6. The van der Waals surface area contributed by atoms with Crippen LogP contribution in [-0.4, -0.2) is 47.8 Å². The van der Waals surface area contributed by atoms with Gasteiger partial charge in [-0.1, -0.05) is 114 Å². The summed E-state index contributed by atoms with van der Waals surface area (Å²) in [4.78, 5) is 22.5. The summed E-state index contributed by atoms with van der Waals surface area (Å²) in [5, 5.41) is 13.5. The van der Waals surface area contributed by atoms with E-state index in [1.165, 1.54) is 44.9 Å². The zero-order valence-corrected chi connectivity index (χ0v) is 28.8. The van der Waals surface area contributed by atoms with Gasteiger partial charge in [0.2, 0.25) is 5.91 Å². The number of allylic oxidation sites excluding steroid dienone is 7. The fourth-order valence-electron chi connectivity index (χ4n) is 4.46. The molecule has 0 saturated heterocycles. The van der Waals surface area contributed by atoms with E-state index in [2.05, 4.69) is 55.6 Å². The van der Waals surface area contributed by atoms with Crippen LogP contribution in [0.5, 0.6) is 0 Å². The minimum atomic E-state index is -4.34. The van der Waals surface area contributed by atoms with Crippen LogP contribution in [0.3, 0.4) is 0 Å². The molecule has 0 aliphatic carbocycles. The molecule has 0 aromatic carbocycles. The SMILES string of the molecule is CCC/C=C/CC/C=C/CC/C=C/C(O)C(COP(=O)(O)OCCN)NC(=O)CCCCCCC/C=C\CCCCCCC. The molecule has 0 rings (SSSR count). The van der Waals surface area contributed by atoms with Gasteiger partial charge in [0.15, 0.2) is 0 Å². The van der Waals surface area contributed by atoms with Gasteiger partial charge in [-0.15, -0.1) is 0 Å². The van der Waals surface area contributed by atoms with Crippen LogP contribution in [0.2, 0.25) is 0 Å². The molecule has 0 saturated carbocycles. The molecule has 9 heteroatoms. The lowest BCUT2D eigenvalue weighted by atomic mass is 10.1. The van der Waals surface area contributed by atoms with E-state index >= 15 is 0 Å². The number of aliphatic hydroxyl groups is 1. The number of hydrogen-bond donors (Lipinski definition) is 4. The van der Waals surface area contributed by atoms with E-state index in [4.69, 9.17) is 14.8 Å². The molecule has 1 amide bonds. The number of nitrogens with two attached hydrogens (primary N) is 1. The molecule has 5 N–H and O–H groups in total. The van der Waals surface area contributed by atoms with Crippen molar-refractivity contribution >= 4 is 13.7 Å². The number of carbonyl (C=O) groups is 1. The molecule has 3 atom stereocenters. The van der Waals surface area contributed by atoms with Gasteiger partial charge < -0.3 is 21.1 Å². The fourth-order valence-corrected chi connectivity index (χ4v) is 5.22. The smallest absolute Gasteiger partial charge is 0.387 e. The van der Waals surface area contributed by atoms with E-state index in [0.717, 1.165) is 70.6 Å². The van der Waals surface area contributed by atoms with Crippen molar-refractivity contribution in [3.05, 3.63) is 48.6 Å². The summed E-state index contributed by atoms with van der Waals surface area (Å²) in [6, 6.07) is -0.885. The highest BCUT2D eigenvalue weighted by atomic mass is 31.2. The van der Waals surface area contributed by atoms with E-state index in [-0.39, 0.29) is 25.7 Å². The molecule has 0 aliphatic heterocycles. The average molecular weight is 641 g/mol. The van der Waals surface area contributed by atoms with Crippen molar-refractivity contribution in [3.8, 4) is 0 Å². The lowest BCUT2D eigenvalue weighted by molar-refractivity contribution is -0.123. The van der Waals surface area contributed by atoms with E-state index < -0.39 is 20.0 Å². The Kier molecular flexibility index (Phi) is 30.3. The number of hydrogen-bond acceptors (Lipinski definition) is 6. The Morgan fingerprint density at radius 3 is 1.84 bits per heavy atom. The van der Waals surface area contributed by atoms with Crippen molar-refractivity contribution in [2.75, 3.05) is 19.8 Å². The zero-order chi connectivity index (χ0) is 32.6. The predicted octanol–water partition coefficient (Wildman–Crippen LogP) is 8.60. The van der Waals surface area contributed by atoms with E-state index in [1.54, 1.807) is 6.08 Å². The zero-order valence-electron chi connectivity index (χ0n) is 27.9. The first-order chi connectivity index (χ1) is 21.4. The van der Waals surface area contributed by atoms with Crippen LogP contribution >= 0.6 is 7.82 Å². The van der Waals surface area contributed by atoms with Gasteiger partial charge in [0.1, 0.15) is 0 Å². The molecule has 0 aromatic heterocycles. The molecule has 256 valence electrons. The molecular weight excluding hydrogens is 575 g/mol. The average Bonchev–Trinajstić information content (AvgIpc) is 3.01. The number of rotatable bonds is 31. The quantitative estimate of drug-likeness (QED) is 0.0339. The minimum absolute atomic E-state index is 0.0688. The summed E-state index contributed by atoms with van der Waals surface area (Å²) < 4.78 is 21.9. The third-order valence-electron chi connectivity index (χ3n) is 7.09. The molecule has 0 fully saturated rings. The monoisotopic (exact) mass is 640 g/mol. The standard InChI is InChI=1S/C35H65N2O6P/c1-3-5-7-9-11-13-15-16-17-19-21-23-25-27-29-35(39)37-33(32-43-44(40,41)42-31-30-36)34(38)28-26-24-22-20-18-14-12-10-8-6-4-2/h8,10,15-16,18,20,26,28,33-34,38H,3-7,9,11-14,17,19,21-25,27,29-32,36H2,1-2H3,(H,37,39)(H,40,41)/b10-8+,16-15-,20-18+,28-26+. The lowest BCUT2D eigenvalue weighted by Crippen LogP contribution is -2.45. The number of phosphoric ester groups is 1. The summed E-state index contributed by atoms with van der Waals surface area (Å²) >= 11 is 0. The Hall–Kier alpha value is -1.54. The van der Waals surface area contributed by atoms with Crippen molar-refractivity contribution in [3.63, 3.8) is 0 Å². The van der Waals surface area contributed by atoms with Crippen LogP contribution in [0.1, 0.15) is 136 Å². The molecule has 44 heavy (non-hydrogen) atoms. The lowest BCUT2D eigenvalue weighted by Gasteiger charge is -2.23. The maximum atomic E-state index is 12.6. The Balaban J connectivity index is 4.45. The van der Waals surface area contributed by atoms with Crippen LogP contribution < -0.4 is 11.1 Å². The molecule has 3 unspecified atom stereocenters. The third-order valence-corrected chi connectivity index (χ3v) is 8.07. The van der Waals surface area contributed by atoms with Crippen molar-refractivity contribution in [2.24, 2.45) is 5.73 Å². The van der Waals surface area contributed by atoms with Crippen LogP contribution in [0, 0.1) is 0 Å². The highest BCUT2D eigenvalue weighted by molar-refractivity contribution is 7.47. The van der Waals surface area contributed by atoms with Gasteiger partial charge in [-0.3, -0.25) is 13.8 Å². The maximum Gasteiger partial charge on any atom is 0.472 e. The van der Waals surface area contributed by atoms with Crippen LogP contribution in [0.15, 0.2) is 48.6 Å². The molecule has 0 heterocycles. The largest absolute Gasteiger partial charge is 0.472 e. The second-order valence-electron chi connectivity index (χ2n) is 11.3. The van der Waals surface area contributed by atoms with Crippen molar-refractivity contribution in [1.82, 2.24) is 5.32 Å². The number of amides is 1. The Morgan fingerprint density at radius 2 is 1.25 bits per heavy atom. The van der Waals surface area contributed by atoms with E-state index in [0.29, 0.717) is 6.42 Å². The molecule has 8 nitrogen and oxygen atoms in total. The summed E-state index contributed by atoms with van der Waals surface area (Å²) in [5.41, 5.74) is 5.33. The number of unbranched alkanes of at least 4 members (excludes halogenated alkanes) is 13. The highest BCUT2D eigenvalue weighted by Crippen LogP contribution is 2.43. The summed E-state index contributed by atoms with van der Waals surface area (Å²) in [5.74, 6) is -0.223. The number of aliphatic hydroxyl groups excluding tert-OH is 1. The highest BCUT2D eigenvalue weighted by Gasteiger charge is 2.26. The molecule has 0 spiro atoms.